The third-order valence-electron chi connectivity index (χ3n) is 4.21. The summed E-state index contributed by atoms with van der Waals surface area (Å²) in [5, 5.41) is 0. The van der Waals surface area contributed by atoms with E-state index in [0.717, 1.165) is 49.9 Å². The lowest BCUT2D eigenvalue weighted by Gasteiger charge is -2.25. The van der Waals surface area contributed by atoms with Crippen LogP contribution in [0.2, 0.25) is 0 Å². The number of rotatable bonds is 5. The number of allylic oxidation sites excluding steroid dienone is 4. The van der Waals surface area contributed by atoms with Gasteiger partial charge in [0, 0.05) is 6.42 Å². The van der Waals surface area contributed by atoms with Gasteiger partial charge in [-0.2, -0.15) is 0 Å². The van der Waals surface area contributed by atoms with E-state index in [2.05, 4.69) is 0 Å². The van der Waals surface area contributed by atoms with Gasteiger partial charge < -0.3 is 4.74 Å². The summed E-state index contributed by atoms with van der Waals surface area (Å²) in [5.41, 5.74) is -0.221. The Morgan fingerprint density at radius 3 is 2.42 bits per heavy atom. The summed E-state index contributed by atoms with van der Waals surface area (Å²) in [5.74, 6) is 0.301. The Balaban J connectivity index is 2.11. The Hall–Kier alpha value is -1.38. The molecule has 0 saturated carbocycles. The predicted octanol–water partition coefficient (Wildman–Crippen LogP) is 3.69. The highest BCUT2D eigenvalue weighted by atomic mass is 16.5. The minimum absolute atomic E-state index is 0.0453. The Labute approximate surface area is 114 Å². The predicted molar refractivity (Wildman–Crippen MR) is 73.4 cm³/mol. The highest BCUT2D eigenvalue weighted by Gasteiger charge is 2.43. The lowest BCUT2D eigenvalue weighted by Crippen LogP contribution is -2.38. The minimum atomic E-state index is -1.03. The second-order valence-corrected chi connectivity index (χ2v) is 5.59. The first-order chi connectivity index (χ1) is 9.08. The number of carbonyl (C=O) groups excluding carboxylic acids is 2. The van der Waals surface area contributed by atoms with Gasteiger partial charge in [0.15, 0.2) is 5.78 Å². The minimum Gasteiger partial charge on any atom is -0.431 e. The molecule has 0 fully saturated rings. The van der Waals surface area contributed by atoms with Gasteiger partial charge in [0.05, 0.1) is 0 Å². The largest absolute Gasteiger partial charge is 0.431 e. The van der Waals surface area contributed by atoms with Gasteiger partial charge in [-0.15, -0.1) is 0 Å². The maximum absolute atomic E-state index is 12.5. The van der Waals surface area contributed by atoms with E-state index < -0.39 is 5.41 Å². The van der Waals surface area contributed by atoms with E-state index in [1.807, 2.05) is 19.1 Å². The summed E-state index contributed by atoms with van der Waals surface area (Å²) in [7, 11) is 0. The van der Waals surface area contributed by atoms with Crippen molar-refractivity contribution in [2.45, 2.75) is 58.8 Å². The average Bonchev–Trinajstić information content (AvgIpc) is 3.09. The number of ketones is 1. The lowest BCUT2D eigenvalue weighted by atomic mass is 9.79. The molecule has 3 nitrogen and oxygen atoms in total. The van der Waals surface area contributed by atoms with Crippen molar-refractivity contribution in [1.82, 2.24) is 0 Å². The molecule has 1 atom stereocenters. The molecule has 104 valence electrons. The molecule has 0 aromatic rings. The number of hydrogen-bond acceptors (Lipinski definition) is 3. The zero-order valence-electron chi connectivity index (χ0n) is 11.8. The second kappa shape index (κ2) is 5.72. The van der Waals surface area contributed by atoms with E-state index in [0.29, 0.717) is 6.42 Å². The summed E-state index contributed by atoms with van der Waals surface area (Å²) in [6.07, 6.45) is 9.96. The Kier molecular flexibility index (Phi) is 4.23. The number of carbonyl (C=O) groups is 2. The summed E-state index contributed by atoms with van der Waals surface area (Å²) >= 11 is 0. The van der Waals surface area contributed by atoms with E-state index in [-0.39, 0.29) is 11.8 Å². The number of esters is 1. The molecule has 0 aromatic heterocycles. The first-order valence-electron chi connectivity index (χ1n) is 7.23. The van der Waals surface area contributed by atoms with Crippen LogP contribution in [0, 0.1) is 5.41 Å². The Bertz CT molecular complexity index is 445. The van der Waals surface area contributed by atoms with Crippen molar-refractivity contribution in [2.75, 3.05) is 0 Å². The number of hydrogen-bond donors (Lipinski definition) is 0. The van der Waals surface area contributed by atoms with Crippen LogP contribution in [-0.2, 0) is 14.3 Å². The molecule has 0 spiro atoms. The van der Waals surface area contributed by atoms with Crippen LogP contribution >= 0.6 is 0 Å². The van der Waals surface area contributed by atoms with Crippen LogP contribution in [0.3, 0.4) is 0 Å². The number of ether oxygens (including phenoxy) is 1. The van der Waals surface area contributed by atoms with Gasteiger partial charge in [0.2, 0.25) is 0 Å². The maximum atomic E-state index is 12.5. The zero-order valence-corrected chi connectivity index (χ0v) is 11.8. The van der Waals surface area contributed by atoms with Crippen molar-refractivity contribution in [3.63, 3.8) is 0 Å². The van der Waals surface area contributed by atoms with E-state index >= 15 is 0 Å². The molecule has 2 aliphatic carbocycles. The molecule has 2 aliphatic rings. The van der Waals surface area contributed by atoms with Crippen molar-refractivity contribution in [3.05, 3.63) is 23.5 Å². The topological polar surface area (TPSA) is 43.4 Å². The van der Waals surface area contributed by atoms with Gasteiger partial charge in [0.1, 0.15) is 11.2 Å². The normalized spacial score (nSPS) is 21.6. The molecular formula is C16H22O3. The van der Waals surface area contributed by atoms with Gasteiger partial charge in [-0.25, -0.2) is 0 Å². The molecule has 1 unspecified atom stereocenters. The third-order valence-corrected chi connectivity index (χ3v) is 4.21. The molecule has 0 aliphatic heterocycles. The molecule has 3 heteroatoms. The molecule has 0 saturated heterocycles. The fraction of sp³-hybridized carbons (Fsp3) is 0.625. The molecule has 0 radical (unpaired) electrons. The summed E-state index contributed by atoms with van der Waals surface area (Å²) in [4.78, 5) is 24.9. The summed E-state index contributed by atoms with van der Waals surface area (Å²) in [6.45, 7) is 3.59. The monoisotopic (exact) mass is 262 g/mol. The summed E-state index contributed by atoms with van der Waals surface area (Å²) < 4.78 is 5.42. The van der Waals surface area contributed by atoms with Crippen LogP contribution in [-0.4, -0.2) is 11.8 Å². The van der Waals surface area contributed by atoms with E-state index in [9.17, 15) is 9.59 Å². The molecular weight excluding hydrogens is 240 g/mol. The van der Waals surface area contributed by atoms with Gasteiger partial charge in [-0.1, -0.05) is 13.0 Å². The molecule has 0 amide bonds. The first-order valence-corrected chi connectivity index (χ1v) is 7.23. The SMILES string of the molecule is CCC(C)(C(=O)OC1=CCCC1)C(=O)C1=CCCC1. The van der Waals surface area contributed by atoms with Crippen LogP contribution in [0.4, 0.5) is 0 Å². The molecule has 2 rings (SSSR count). The molecule has 0 N–H and O–H groups in total. The van der Waals surface area contributed by atoms with Gasteiger partial charge in [-0.05, 0) is 57.1 Å². The van der Waals surface area contributed by atoms with Gasteiger partial charge in [0.25, 0.3) is 0 Å². The van der Waals surface area contributed by atoms with Crippen molar-refractivity contribution in [2.24, 2.45) is 5.41 Å². The molecule has 0 aromatic carbocycles. The quantitative estimate of drug-likeness (QED) is 0.560. The van der Waals surface area contributed by atoms with E-state index in [1.54, 1.807) is 6.92 Å². The fourth-order valence-electron chi connectivity index (χ4n) is 2.59. The average molecular weight is 262 g/mol. The summed E-state index contributed by atoms with van der Waals surface area (Å²) in [6, 6.07) is 0. The standard InChI is InChI=1S/C16H22O3/c1-3-16(2,14(17)12-8-4-5-9-12)15(18)19-13-10-6-7-11-13/h8,10H,3-7,9,11H2,1-2H3. The van der Waals surface area contributed by atoms with Crippen molar-refractivity contribution < 1.29 is 14.3 Å². The maximum Gasteiger partial charge on any atom is 0.324 e. The first kappa shape index (κ1) is 14.0. The van der Waals surface area contributed by atoms with Crippen molar-refractivity contribution in [3.8, 4) is 0 Å². The van der Waals surface area contributed by atoms with E-state index in [4.69, 9.17) is 4.74 Å². The lowest BCUT2D eigenvalue weighted by molar-refractivity contribution is -0.155. The molecule has 0 heterocycles. The highest BCUT2D eigenvalue weighted by molar-refractivity contribution is 6.12. The molecule has 0 bridgehead atoms. The van der Waals surface area contributed by atoms with Crippen LogP contribution in [0.5, 0.6) is 0 Å². The van der Waals surface area contributed by atoms with Crippen LogP contribution < -0.4 is 0 Å². The third kappa shape index (κ3) is 2.80. The van der Waals surface area contributed by atoms with Crippen LogP contribution in [0.15, 0.2) is 23.5 Å². The smallest absolute Gasteiger partial charge is 0.324 e. The van der Waals surface area contributed by atoms with Crippen LogP contribution in [0.25, 0.3) is 0 Å². The number of Topliss-reactive ketones (excluding diaryl/α,β-unsaturated/α-hetero) is 1. The zero-order chi connectivity index (χ0) is 13.9. The Morgan fingerprint density at radius 1 is 1.21 bits per heavy atom. The molecule has 19 heavy (non-hydrogen) atoms. The highest BCUT2D eigenvalue weighted by Crippen LogP contribution is 2.33. The van der Waals surface area contributed by atoms with Crippen molar-refractivity contribution in [1.29, 1.82) is 0 Å². The van der Waals surface area contributed by atoms with Crippen molar-refractivity contribution >= 4 is 11.8 Å². The van der Waals surface area contributed by atoms with E-state index in [1.165, 1.54) is 0 Å². The Morgan fingerprint density at radius 2 is 1.89 bits per heavy atom. The van der Waals surface area contributed by atoms with Gasteiger partial charge in [-0.3, -0.25) is 9.59 Å². The van der Waals surface area contributed by atoms with Gasteiger partial charge >= 0.3 is 5.97 Å². The van der Waals surface area contributed by atoms with Crippen LogP contribution in [0.1, 0.15) is 58.8 Å². The fourth-order valence-corrected chi connectivity index (χ4v) is 2.59. The second-order valence-electron chi connectivity index (χ2n) is 5.59.